The van der Waals surface area contributed by atoms with Crippen LogP contribution in [-0.4, -0.2) is 53.9 Å². The van der Waals surface area contributed by atoms with Crippen LogP contribution in [-0.2, 0) is 14.3 Å². The second-order valence-corrected chi connectivity index (χ2v) is 6.08. The van der Waals surface area contributed by atoms with Crippen LogP contribution in [0.1, 0.15) is 19.0 Å². The number of amides is 2. The molecule has 0 bridgehead atoms. The van der Waals surface area contributed by atoms with Crippen molar-refractivity contribution in [3.63, 3.8) is 0 Å². The molecule has 1 atom stereocenters. The number of methoxy groups -OCH3 is 1. The smallest absolute Gasteiger partial charge is 0.245 e. The molecule has 6 nitrogen and oxygen atoms in total. The Hall–Kier alpha value is -1.18. The predicted molar refractivity (Wildman–Crippen MR) is 83.9 cm³/mol. The number of rotatable bonds is 8. The quantitative estimate of drug-likeness (QED) is 0.582. The summed E-state index contributed by atoms with van der Waals surface area (Å²) in [7, 11) is 1.59. The van der Waals surface area contributed by atoms with Crippen molar-refractivity contribution in [3.05, 3.63) is 11.1 Å². The van der Waals surface area contributed by atoms with E-state index >= 15 is 0 Å². The van der Waals surface area contributed by atoms with Crippen molar-refractivity contribution in [1.82, 2.24) is 9.88 Å². The largest absolute Gasteiger partial charge is 0.385 e. The Kier molecular flexibility index (Phi) is 7.63. The molecular weight excluding hydrogens is 314 g/mol. The molecule has 21 heavy (non-hydrogen) atoms. The highest BCUT2D eigenvalue weighted by molar-refractivity contribution is 7.13. The number of thiazole rings is 1. The van der Waals surface area contributed by atoms with E-state index in [4.69, 9.17) is 16.3 Å². The Labute approximate surface area is 133 Å². The summed E-state index contributed by atoms with van der Waals surface area (Å²) in [5, 5.41) is 4.39. The molecule has 1 aromatic heterocycles. The third-order valence-corrected chi connectivity index (χ3v) is 3.69. The maximum Gasteiger partial charge on any atom is 0.245 e. The predicted octanol–water partition coefficient (Wildman–Crippen LogP) is 1.88. The minimum absolute atomic E-state index is 0.0434. The van der Waals surface area contributed by atoms with Crippen molar-refractivity contribution in [2.24, 2.45) is 0 Å². The minimum atomic E-state index is -0.664. The number of aryl methyl sites for hydroxylation is 1. The van der Waals surface area contributed by atoms with Gasteiger partial charge < -0.3 is 15.0 Å². The van der Waals surface area contributed by atoms with Gasteiger partial charge in [0.1, 0.15) is 5.38 Å². The van der Waals surface area contributed by atoms with Crippen LogP contribution in [0.15, 0.2) is 5.38 Å². The normalized spacial score (nSPS) is 12.0. The number of hydrogen-bond donors (Lipinski definition) is 1. The van der Waals surface area contributed by atoms with E-state index in [1.165, 1.54) is 16.2 Å². The Bertz CT molecular complexity index is 479. The summed E-state index contributed by atoms with van der Waals surface area (Å²) in [6, 6.07) is 0. The molecule has 0 saturated heterocycles. The molecule has 0 aliphatic carbocycles. The first-order valence-corrected chi connectivity index (χ1v) is 7.89. The Morgan fingerprint density at radius 3 is 2.81 bits per heavy atom. The van der Waals surface area contributed by atoms with Crippen LogP contribution < -0.4 is 5.32 Å². The summed E-state index contributed by atoms with van der Waals surface area (Å²) >= 11 is 7.17. The van der Waals surface area contributed by atoms with Gasteiger partial charge in [0.25, 0.3) is 0 Å². The van der Waals surface area contributed by atoms with Crippen LogP contribution in [0, 0.1) is 6.92 Å². The molecule has 0 fully saturated rings. The average molecular weight is 334 g/mol. The highest BCUT2D eigenvalue weighted by Crippen LogP contribution is 2.14. The Morgan fingerprint density at radius 1 is 1.57 bits per heavy atom. The summed E-state index contributed by atoms with van der Waals surface area (Å²) in [6.45, 7) is 4.34. The first kappa shape index (κ1) is 17.9. The molecule has 0 unspecified atom stereocenters. The lowest BCUT2D eigenvalue weighted by molar-refractivity contribution is -0.134. The van der Waals surface area contributed by atoms with E-state index in [9.17, 15) is 9.59 Å². The molecule has 1 N–H and O–H groups in total. The zero-order chi connectivity index (χ0) is 15.8. The monoisotopic (exact) mass is 333 g/mol. The van der Waals surface area contributed by atoms with Crippen molar-refractivity contribution in [1.29, 1.82) is 0 Å². The number of ether oxygens (including phenoxy) is 1. The van der Waals surface area contributed by atoms with E-state index in [1.54, 1.807) is 14.0 Å². The second kappa shape index (κ2) is 8.96. The van der Waals surface area contributed by atoms with Crippen LogP contribution >= 0.6 is 22.9 Å². The van der Waals surface area contributed by atoms with Crippen LogP contribution in [0.25, 0.3) is 0 Å². The van der Waals surface area contributed by atoms with E-state index in [2.05, 4.69) is 10.3 Å². The third-order valence-electron chi connectivity index (χ3n) is 2.63. The standard InChI is InChI=1S/C13H20ClN3O3S/c1-9-8-21-13(15-9)16-11(18)7-17(5-4-6-20-3)12(19)10(2)14/h8,10H,4-7H2,1-3H3,(H,15,16,18)/t10-/m1/s1. The van der Waals surface area contributed by atoms with E-state index in [1.807, 2.05) is 12.3 Å². The highest BCUT2D eigenvalue weighted by atomic mass is 35.5. The number of hydrogen-bond acceptors (Lipinski definition) is 5. The van der Waals surface area contributed by atoms with Crippen LogP contribution in [0.5, 0.6) is 0 Å². The van der Waals surface area contributed by atoms with Crippen molar-refractivity contribution in [3.8, 4) is 0 Å². The second-order valence-electron chi connectivity index (χ2n) is 4.56. The maximum absolute atomic E-state index is 12.0. The van der Waals surface area contributed by atoms with Crippen LogP contribution in [0.4, 0.5) is 5.13 Å². The summed E-state index contributed by atoms with van der Waals surface area (Å²) < 4.78 is 4.96. The number of halogens is 1. The number of nitrogens with zero attached hydrogens (tertiary/aromatic N) is 2. The summed E-state index contributed by atoms with van der Waals surface area (Å²) in [4.78, 5) is 29.6. The number of nitrogens with one attached hydrogen (secondary N) is 1. The van der Waals surface area contributed by atoms with Crippen LogP contribution in [0.3, 0.4) is 0 Å². The average Bonchev–Trinajstić information content (AvgIpc) is 2.82. The molecular formula is C13H20ClN3O3S. The van der Waals surface area contributed by atoms with Crippen molar-refractivity contribution in [2.45, 2.75) is 25.6 Å². The SMILES string of the molecule is COCCCN(CC(=O)Nc1nc(C)cs1)C(=O)[C@@H](C)Cl. The van der Waals surface area contributed by atoms with Gasteiger partial charge in [-0.25, -0.2) is 4.98 Å². The van der Waals surface area contributed by atoms with E-state index < -0.39 is 5.38 Å². The first-order valence-electron chi connectivity index (χ1n) is 6.57. The van der Waals surface area contributed by atoms with Gasteiger partial charge in [0, 0.05) is 25.6 Å². The van der Waals surface area contributed by atoms with Crippen molar-refractivity contribution < 1.29 is 14.3 Å². The molecule has 0 saturated carbocycles. The Morgan fingerprint density at radius 2 is 2.29 bits per heavy atom. The summed E-state index contributed by atoms with van der Waals surface area (Å²) in [5.74, 6) is -0.550. The molecule has 1 heterocycles. The van der Waals surface area contributed by atoms with Gasteiger partial charge in [-0.05, 0) is 20.3 Å². The van der Waals surface area contributed by atoms with Gasteiger partial charge >= 0.3 is 0 Å². The zero-order valence-corrected chi connectivity index (χ0v) is 14.0. The van der Waals surface area contributed by atoms with Gasteiger partial charge in [-0.3, -0.25) is 9.59 Å². The van der Waals surface area contributed by atoms with Gasteiger partial charge in [-0.1, -0.05) is 0 Å². The molecule has 8 heteroatoms. The number of carbonyl (C=O) groups is 2. The lowest BCUT2D eigenvalue weighted by Gasteiger charge is -2.23. The summed E-state index contributed by atoms with van der Waals surface area (Å²) in [6.07, 6.45) is 0.648. The number of alkyl halides is 1. The molecule has 0 aliphatic rings. The molecule has 2 amide bonds. The topological polar surface area (TPSA) is 71.5 Å². The van der Waals surface area contributed by atoms with Crippen molar-refractivity contribution >= 4 is 39.9 Å². The van der Waals surface area contributed by atoms with Gasteiger partial charge in [-0.15, -0.1) is 22.9 Å². The first-order chi connectivity index (χ1) is 9.93. The van der Waals surface area contributed by atoms with Crippen LogP contribution in [0.2, 0.25) is 0 Å². The molecule has 0 radical (unpaired) electrons. The number of carbonyl (C=O) groups excluding carboxylic acids is 2. The van der Waals surface area contributed by atoms with E-state index in [-0.39, 0.29) is 18.4 Å². The summed E-state index contributed by atoms with van der Waals surface area (Å²) in [5.41, 5.74) is 0.845. The number of aromatic nitrogens is 1. The lowest BCUT2D eigenvalue weighted by atomic mass is 10.3. The fourth-order valence-electron chi connectivity index (χ4n) is 1.66. The minimum Gasteiger partial charge on any atom is -0.385 e. The molecule has 0 spiro atoms. The highest BCUT2D eigenvalue weighted by Gasteiger charge is 2.21. The van der Waals surface area contributed by atoms with Gasteiger partial charge in [0.15, 0.2) is 5.13 Å². The number of anilines is 1. The Balaban J connectivity index is 2.57. The van der Waals surface area contributed by atoms with Crippen molar-refractivity contribution in [2.75, 3.05) is 32.1 Å². The molecule has 1 aromatic rings. The zero-order valence-electron chi connectivity index (χ0n) is 12.4. The molecule has 0 aliphatic heterocycles. The molecule has 118 valence electrons. The third kappa shape index (κ3) is 6.41. The maximum atomic E-state index is 12.0. The molecule has 1 rings (SSSR count). The van der Waals surface area contributed by atoms with Gasteiger partial charge in [0.05, 0.1) is 12.2 Å². The van der Waals surface area contributed by atoms with Gasteiger partial charge in [-0.2, -0.15) is 0 Å². The van der Waals surface area contributed by atoms with Gasteiger partial charge in [0.2, 0.25) is 11.8 Å². The van der Waals surface area contributed by atoms with E-state index in [0.717, 1.165) is 5.69 Å². The fraction of sp³-hybridized carbons (Fsp3) is 0.615. The lowest BCUT2D eigenvalue weighted by Crippen LogP contribution is -2.42. The fourth-order valence-corrected chi connectivity index (χ4v) is 2.50. The molecule has 0 aromatic carbocycles. The van der Waals surface area contributed by atoms with E-state index in [0.29, 0.717) is 24.7 Å².